The summed E-state index contributed by atoms with van der Waals surface area (Å²) in [5.74, 6) is 2.39. The van der Waals surface area contributed by atoms with Crippen molar-refractivity contribution in [3.05, 3.63) is 68.7 Å². The minimum Gasteiger partial charge on any atom is -0.493 e. The highest BCUT2D eigenvalue weighted by Gasteiger charge is 2.42. The van der Waals surface area contributed by atoms with E-state index in [2.05, 4.69) is 12.2 Å². The van der Waals surface area contributed by atoms with Crippen molar-refractivity contribution in [2.75, 3.05) is 31.8 Å². The third-order valence-electron chi connectivity index (χ3n) is 6.50. The first-order valence-corrected chi connectivity index (χ1v) is 14.3. The van der Waals surface area contributed by atoms with Crippen LogP contribution in [0.25, 0.3) is 0 Å². The SMILES string of the molecule is CCOc1ccc([C@@H]2CC(=O)C3=C(C2)NC(C)=C(C(=O)OCCSCC)[C@@H]3c2cccs2)cc1OC. The predicted octanol–water partition coefficient (Wildman–Crippen LogP) is 5.81. The van der Waals surface area contributed by atoms with Gasteiger partial charge in [-0.25, -0.2) is 4.79 Å². The molecule has 0 fully saturated rings. The van der Waals surface area contributed by atoms with Gasteiger partial charge in [-0.1, -0.05) is 19.1 Å². The standard InChI is InChI=1S/C28H33NO5S2/c1-5-33-22-10-9-18(16-23(22)32-4)19-14-20-26(21(30)15-19)27(24-8-7-12-36-24)25(17(3)29-20)28(31)34-11-13-35-6-2/h7-10,12,16,19,27,29H,5-6,11,13-15H2,1-4H3/t19-,27-/m0/s1. The number of thioether (sulfide) groups is 1. The number of carbonyl (C=O) groups excluding carboxylic acids is 2. The van der Waals surface area contributed by atoms with E-state index in [4.69, 9.17) is 14.2 Å². The summed E-state index contributed by atoms with van der Waals surface area (Å²) >= 11 is 3.29. The molecule has 8 heteroatoms. The third kappa shape index (κ3) is 5.49. The van der Waals surface area contributed by atoms with Gasteiger partial charge in [0.1, 0.15) is 6.61 Å². The summed E-state index contributed by atoms with van der Waals surface area (Å²) in [6.07, 6.45) is 1.04. The van der Waals surface area contributed by atoms with Crippen LogP contribution in [0.4, 0.5) is 0 Å². The zero-order chi connectivity index (χ0) is 25.7. The number of rotatable bonds is 10. The molecule has 6 nitrogen and oxygen atoms in total. The normalized spacial score (nSPS) is 19.6. The van der Waals surface area contributed by atoms with Gasteiger partial charge in [-0.2, -0.15) is 11.8 Å². The first-order chi connectivity index (χ1) is 17.5. The Hall–Kier alpha value is -2.71. The Morgan fingerprint density at radius 1 is 1.19 bits per heavy atom. The molecule has 1 aliphatic carbocycles. The zero-order valence-electron chi connectivity index (χ0n) is 21.2. The van der Waals surface area contributed by atoms with Crippen LogP contribution in [0.1, 0.15) is 55.9 Å². The lowest BCUT2D eigenvalue weighted by Crippen LogP contribution is -2.36. The van der Waals surface area contributed by atoms with Crippen LogP contribution in [0.5, 0.6) is 11.5 Å². The van der Waals surface area contributed by atoms with Crippen LogP contribution >= 0.6 is 23.1 Å². The molecule has 2 aliphatic rings. The van der Waals surface area contributed by atoms with Crippen LogP contribution in [0.15, 0.2) is 58.3 Å². The van der Waals surface area contributed by atoms with Gasteiger partial charge in [0.15, 0.2) is 17.3 Å². The molecule has 36 heavy (non-hydrogen) atoms. The van der Waals surface area contributed by atoms with Gasteiger partial charge in [0, 0.05) is 34.0 Å². The van der Waals surface area contributed by atoms with E-state index in [-0.39, 0.29) is 17.7 Å². The zero-order valence-corrected chi connectivity index (χ0v) is 22.9. The molecular formula is C28H33NO5S2. The van der Waals surface area contributed by atoms with Crippen molar-refractivity contribution in [1.29, 1.82) is 0 Å². The number of hydrogen-bond acceptors (Lipinski definition) is 8. The monoisotopic (exact) mass is 527 g/mol. The minimum absolute atomic E-state index is 0.00434. The van der Waals surface area contributed by atoms with Gasteiger partial charge < -0.3 is 19.5 Å². The smallest absolute Gasteiger partial charge is 0.336 e. The average molecular weight is 528 g/mol. The first-order valence-electron chi connectivity index (χ1n) is 12.3. The molecule has 1 aromatic heterocycles. The van der Waals surface area contributed by atoms with Crippen LogP contribution in [0.2, 0.25) is 0 Å². The molecule has 1 aromatic carbocycles. The van der Waals surface area contributed by atoms with Crippen molar-refractivity contribution in [2.45, 2.75) is 45.4 Å². The predicted molar refractivity (Wildman–Crippen MR) is 145 cm³/mol. The molecule has 0 spiro atoms. The molecule has 0 radical (unpaired) electrons. The second kappa shape index (κ2) is 12.0. The topological polar surface area (TPSA) is 73.9 Å². The molecule has 0 saturated carbocycles. The Kier molecular flexibility index (Phi) is 8.80. The summed E-state index contributed by atoms with van der Waals surface area (Å²) in [6, 6.07) is 9.84. The Labute approximate surface area is 221 Å². The second-order valence-corrected chi connectivity index (χ2v) is 11.1. The number of thiophene rings is 1. The number of Topliss-reactive ketones (excluding diaryl/α,β-unsaturated/α-hetero) is 1. The summed E-state index contributed by atoms with van der Waals surface area (Å²) in [4.78, 5) is 27.9. The quantitative estimate of drug-likeness (QED) is 0.309. The molecule has 2 aromatic rings. The first kappa shape index (κ1) is 26.4. The van der Waals surface area contributed by atoms with Crippen molar-refractivity contribution >= 4 is 34.9 Å². The van der Waals surface area contributed by atoms with Gasteiger partial charge in [0.05, 0.1) is 25.2 Å². The summed E-state index contributed by atoms with van der Waals surface area (Å²) in [6.45, 7) is 6.82. The minimum atomic E-state index is -0.407. The molecule has 1 aliphatic heterocycles. The number of carbonyl (C=O) groups is 2. The Morgan fingerprint density at radius 2 is 2.03 bits per heavy atom. The molecular weight excluding hydrogens is 494 g/mol. The van der Waals surface area contributed by atoms with Crippen molar-refractivity contribution in [1.82, 2.24) is 5.32 Å². The Morgan fingerprint density at radius 3 is 2.72 bits per heavy atom. The van der Waals surface area contributed by atoms with Crippen LogP contribution in [0.3, 0.4) is 0 Å². The van der Waals surface area contributed by atoms with E-state index in [1.165, 1.54) is 0 Å². The fourth-order valence-corrected chi connectivity index (χ4v) is 6.25. The number of nitrogens with one attached hydrogen (secondary N) is 1. The molecule has 0 amide bonds. The van der Waals surface area contributed by atoms with Gasteiger partial charge in [-0.15, -0.1) is 11.3 Å². The third-order valence-corrected chi connectivity index (χ3v) is 8.30. The molecule has 0 saturated heterocycles. The molecule has 192 valence electrons. The Balaban J connectivity index is 1.65. The summed E-state index contributed by atoms with van der Waals surface area (Å²) in [7, 11) is 1.62. The summed E-state index contributed by atoms with van der Waals surface area (Å²) in [5.41, 5.74) is 3.89. The number of dihydropyridines is 1. The van der Waals surface area contributed by atoms with E-state index in [9.17, 15) is 9.59 Å². The fourth-order valence-electron chi connectivity index (χ4n) is 4.91. The van der Waals surface area contributed by atoms with Crippen molar-refractivity contribution in [3.8, 4) is 11.5 Å². The van der Waals surface area contributed by atoms with Crippen LogP contribution < -0.4 is 14.8 Å². The maximum Gasteiger partial charge on any atom is 0.336 e. The maximum atomic E-state index is 13.7. The van der Waals surface area contributed by atoms with Crippen LogP contribution in [0, 0.1) is 0 Å². The van der Waals surface area contributed by atoms with Gasteiger partial charge >= 0.3 is 5.97 Å². The number of ketones is 1. The van der Waals surface area contributed by atoms with Crippen LogP contribution in [-0.4, -0.2) is 43.6 Å². The molecule has 2 heterocycles. The van der Waals surface area contributed by atoms with Crippen molar-refractivity contribution in [3.63, 3.8) is 0 Å². The largest absolute Gasteiger partial charge is 0.493 e. The lowest BCUT2D eigenvalue weighted by Gasteiger charge is -2.36. The van der Waals surface area contributed by atoms with E-state index < -0.39 is 5.92 Å². The fraction of sp³-hybridized carbons (Fsp3) is 0.429. The number of allylic oxidation sites excluding steroid dienone is 3. The van der Waals surface area contributed by atoms with Gasteiger partial charge in [0.25, 0.3) is 0 Å². The maximum absolute atomic E-state index is 13.7. The summed E-state index contributed by atoms with van der Waals surface area (Å²) in [5, 5.41) is 5.40. The van der Waals surface area contributed by atoms with Gasteiger partial charge in [-0.3, -0.25) is 4.79 Å². The second-order valence-electron chi connectivity index (χ2n) is 8.71. The number of methoxy groups -OCH3 is 1. The molecule has 0 unspecified atom stereocenters. The van der Waals surface area contributed by atoms with E-state index in [1.807, 2.05) is 49.6 Å². The van der Waals surface area contributed by atoms with E-state index >= 15 is 0 Å². The Bertz CT molecular complexity index is 1170. The van der Waals surface area contributed by atoms with E-state index in [0.29, 0.717) is 48.7 Å². The molecule has 2 atom stereocenters. The number of ether oxygens (including phenoxy) is 3. The van der Waals surface area contributed by atoms with Crippen molar-refractivity contribution in [2.24, 2.45) is 0 Å². The van der Waals surface area contributed by atoms with Crippen molar-refractivity contribution < 1.29 is 23.8 Å². The van der Waals surface area contributed by atoms with Gasteiger partial charge in [-0.05, 0) is 61.1 Å². The average Bonchev–Trinajstić information content (AvgIpc) is 3.40. The lowest BCUT2D eigenvalue weighted by atomic mass is 9.73. The highest BCUT2D eigenvalue weighted by Crippen LogP contribution is 2.47. The molecule has 4 rings (SSSR count). The van der Waals surface area contributed by atoms with E-state index in [0.717, 1.165) is 33.3 Å². The van der Waals surface area contributed by atoms with E-state index in [1.54, 1.807) is 30.2 Å². The highest BCUT2D eigenvalue weighted by molar-refractivity contribution is 7.99. The molecule has 1 N–H and O–H groups in total. The summed E-state index contributed by atoms with van der Waals surface area (Å²) < 4.78 is 16.8. The number of benzene rings is 1. The number of hydrogen-bond donors (Lipinski definition) is 1. The number of esters is 1. The lowest BCUT2D eigenvalue weighted by molar-refractivity contribution is -0.138. The highest BCUT2D eigenvalue weighted by atomic mass is 32.2. The molecule has 0 bridgehead atoms. The van der Waals surface area contributed by atoms with Crippen LogP contribution in [-0.2, 0) is 14.3 Å². The van der Waals surface area contributed by atoms with Gasteiger partial charge in [0.2, 0.25) is 0 Å².